The summed E-state index contributed by atoms with van der Waals surface area (Å²) in [5.74, 6) is 0.524. The lowest BCUT2D eigenvalue weighted by atomic mass is 10.1. The molecule has 1 aliphatic rings. The van der Waals surface area contributed by atoms with E-state index in [1.807, 2.05) is 6.92 Å². The van der Waals surface area contributed by atoms with Gasteiger partial charge in [0.1, 0.15) is 0 Å². The lowest BCUT2D eigenvalue weighted by Gasteiger charge is -2.32. The lowest BCUT2D eigenvalue weighted by molar-refractivity contribution is 0.168. The Morgan fingerprint density at radius 1 is 1.30 bits per heavy atom. The van der Waals surface area contributed by atoms with E-state index < -0.39 is 0 Å². The molecule has 6 heteroatoms. The van der Waals surface area contributed by atoms with Gasteiger partial charge >= 0.3 is 0 Å². The van der Waals surface area contributed by atoms with Crippen LogP contribution in [0.3, 0.4) is 0 Å². The highest BCUT2D eigenvalue weighted by Crippen LogP contribution is 2.13. The second-order valence-electron chi connectivity index (χ2n) is 5.50. The van der Waals surface area contributed by atoms with Crippen molar-refractivity contribution in [3.8, 4) is 0 Å². The Hall–Kier alpha value is -0.0800. The average molecular weight is 398 g/mol. The predicted octanol–water partition coefficient (Wildman–Crippen LogP) is 1.81. The zero-order valence-corrected chi connectivity index (χ0v) is 15.4. The molecule has 0 aromatic heterocycles. The fourth-order valence-electron chi connectivity index (χ4n) is 2.50. The summed E-state index contributed by atoms with van der Waals surface area (Å²) in [5, 5.41) is 3.12. The number of halogens is 1. The monoisotopic (exact) mass is 398 g/mol. The van der Waals surface area contributed by atoms with Gasteiger partial charge in [-0.2, -0.15) is 0 Å². The van der Waals surface area contributed by atoms with Gasteiger partial charge < -0.3 is 20.7 Å². The summed E-state index contributed by atoms with van der Waals surface area (Å²) in [6.45, 7) is 8.23. The first-order valence-corrected chi connectivity index (χ1v) is 7.43. The summed E-state index contributed by atoms with van der Waals surface area (Å²) in [6, 6.07) is 0.807. The maximum absolute atomic E-state index is 5.84. The minimum atomic E-state index is 0. The Labute approximate surface area is 140 Å². The molecule has 1 heterocycles. The fourth-order valence-corrected chi connectivity index (χ4v) is 2.50. The molecule has 120 valence electrons. The molecular weight excluding hydrogens is 367 g/mol. The number of nitrogens with two attached hydrogens (primary N) is 1. The number of hydrogen-bond donors (Lipinski definition) is 2. The molecular formula is C14H31IN4O. The molecule has 5 nitrogen and oxygen atoms in total. The first kappa shape index (κ1) is 19.9. The number of rotatable bonds is 7. The number of aliphatic imine (C=N–C) groups is 1. The molecule has 0 aromatic rings. The molecule has 0 saturated carbocycles. The van der Waals surface area contributed by atoms with E-state index >= 15 is 0 Å². The van der Waals surface area contributed by atoms with Crippen molar-refractivity contribution in [3.63, 3.8) is 0 Å². The molecule has 1 aliphatic heterocycles. The third-order valence-electron chi connectivity index (χ3n) is 3.65. The van der Waals surface area contributed by atoms with E-state index in [1.54, 1.807) is 7.11 Å². The standard InChI is InChI=1S/C14H30N4O.HI/c1-12(11-19-3)17-14(15)16-8-7-13(2)18-9-5-4-6-10-18;/h12-13H,4-11H2,1-3H3,(H3,15,16,17);1H. The van der Waals surface area contributed by atoms with Gasteiger partial charge in [-0.3, -0.25) is 4.99 Å². The van der Waals surface area contributed by atoms with Crippen molar-refractivity contribution in [2.45, 2.75) is 51.6 Å². The van der Waals surface area contributed by atoms with Gasteiger partial charge in [-0.15, -0.1) is 24.0 Å². The predicted molar refractivity (Wildman–Crippen MR) is 95.9 cm³/mol. The second-order valence-corrected chi connectivity index (χ2v) is 5.50. The van der Waals surface area contributed by atoms with Gasteiger partial charge in [0.15, 0.2) is 5.96 Å². The van der Waals surface area contributed by atoms with Crippen LogP contribution < -0.4 is 11.1 Å². The summed E-state index contributed by atoms with van der Waals surface area (Å²) >= 11 is 0. The Balaban J connectivity index is 0.00000361. The summed E-state index contributed by atoms with van der Waals surface area (Å²) in [5.41, 5.74) is 5.84. The van der Waals surface area contributed by atoms with E-state index in [-0.39, 0.29) is 30.0 Å². The Morgan fingerprint density at radius 2 is 1.95 bits per heavy atom. The molecule has 0 bridgehead atoms. The first-order chi connectivity index (χ1) is 9.13. The second kappa shape index (κ2) is 11.6. The van der Waals surface area contributed by atoms with Crippen molar-refractivity contribution in [2.24, 2.45) is 10.7 Å². The lowest BCUT2D eigenvalue weighted by Crippen LogP contribution is -2.41. The van der Waals surface area contributed by atoms with Crippen LogP contribution in [0.1, 0.15) is 39.5 Å². The van der Waals surface area contributed by atoms with Gasteiger partial charge in [-0.1, -0.05) is 6.42 Å². The zero-order valence-electron chi connectivity index (χ0n) is 13.1. The fraction of sp³-hybridized carbons (Fsp3) is 0.929. The molecule has 1 rings (SSSR count). The van der Waals surface area contributed by atoms with Crippen molar-refractivity contribution in [2.75, 3.05) is 33.4 Å². The zero-order chi connectivity index (χ0) is 14.1. The van der Waals surface area contributed by atoms with E-state index in [2.05, 4.69) is 22.1 Å². The van der Waals surface area contributed by atoms with E-state index in [4.69, 9.17) is 10.5 Å². The molecule has 3 N–H and O–H groups in total. The number of methoxy groups -OCH3 is 1. The molecule has 0 amide bonds. The highest BCUT2D eigenvalue weighted by atomic mass is 127. The quantitative estimate of drug-likeness (QED) is 0.390. The van der Waals surface area contributed by atoms with Crippen LogP contribution in [0.15, 0.2) is 4.99 Å². The van der Waals surface area contributed by atoms with E-state index in [9.17, 15) is 0 Å². The number of hydrogen-bond acceptors (Lipinski definition) is 3. The number of ether oxygens (including phenoxy) is 1. The van der Waals surface area contributed by atoms with Gasteiger partial charge in [-0.05, 0) is 46.2 Å². The van der Waals surface area contributed by atoms with Crippen LogP contribution in [-0.4, -0.2) is 56.3 Å². The van der Waals surface area contributed by atoms with Crippen molar-refractivity contribution in [3.05, 3.63) is 0 Å². The third-order valence-corrected chi connectivity index (χ3v) is 3.65. The molecule has 0 radical (unpaired) electrons. The van der Waals surface area contributed by atoms with E-state index in [0.29, 0.717) is 18.6 Å². The first-order valence-electron chi connectivity index (χ1n) is 7.43. The molecule has 2 unspecified atom stereocenters. The van der Waals surface area contributed by atoms with Crippen LogP contribution in [0.25, 0.3) is 0 Å². The van der Waals surface area contributed by atoms with Crippen LogP contribution in [0, 0.1) is 0 Å². The van der Waals surface area contributed by atoms with E-state index in [0.717, 1.165) is 13.0 Å². The highest BCUT2D eigenvalue weighted by Gasteiger charge is 2.15. The van der Waals surface area contributed by atoms with Crippen molar-refractivity contribution in [1.29, 1.82) is 0 Å². The minimum absolute atomic E-state index is 0. The van der Waals surface area contributed by atoms with Gasteiger partial charge in [-0.25, -0.2) is 0 Å². The van der Waals surface area contributed by atoms with Crippen LogP contribution in [0.5, 0.6) is 0 Å². The van der Waals surface area contributed by atoms with Gasteiger partial charge in [0.25, 0.3) is 0 Å². The van der Waals surface area contributed by atoms with Gasteiger partial charge in [0.05, 0.1) is 6.61 Å². The smallest absolute Gasteiger partial charge is 0.188 e. The summed E-state index contributed by atoms with van der Waals surface area (Å²) in [7, 11) is 1.69. The van der Waals surface area contributed by atoms with Crippen LogP contribution in [0.4, 0.5) is 0 Å². The highest BCUT2D eigenvalue weighted by molar-refractivity contribution is 14.0. The Bertz CT molecular complexity index is 270. The average Bonchev–Trinajstić information content (AvgIpc) is 2.39. The number of piperidine rings is 1. The number of likely N-dealkylation sites (tertiary alicyclic amines) is 1. The Kier molecular flexibility index (Phi) is 11.5. The number of nitrogens with zero attached hydrogens (tertiary/aromatic N) is 2. The Morgan fingerprint density at radius 3 is 2.55 bits per heavy atom. The van der Waals surface area contributed by atoms with Crippen LogP contribution >= 0.6 is 24.0 Å². The normalized spacial score (nSPS) is 20.1. The molecule has 0 aromatic carbocycles. The topological polar surface area (TPSA) is 62.9 Å². The minimum Gasteiger partial charge on any atom is -0.383 e. The van der Waals surface area contributed by atoms with Crippen molar-refractivity contribution < 1.29 is 4.74 Å². The maximum atomic E-state index is 5.84. The SMILES string of the molecule is COCC(C)NC(N)=NCCC(C)N1CCCCC1.I. The van der Waals surface area contributed by atoms with Crippen molar-refractivity contribution in [1.82, 2.24) is 10.2 Å². The molecule has 0 spiro atoms. The summed E-state index contributed by atoms with van der Waals surface area (Å²) in [4.78, 5) is 6.95. The molecule has 1 saturated heterocycles. The van der Waals surface area contributed by atoms with E-state index in [1.165, 1.54) is 32.4 Å². The molecule has 0 aliphatic carbocycles. The number of guanidine groups is 1. The largest absolute Gasteiger partial charge is 0.383 e. The third kappa shape index (κ3) is 8.26. The summed E-state index contributed by atoms with van der Waals surface area (Å²) < 4.78 is 5.05. The van der Waals surface area contributed by atoms with Gasteiger partial charge in [0.2, 0.25) is 0 Å². The maximum Gasteiger partial charge on any atom is 0.188 e. The van der Waals surface area contributed by atoms with Crippen LogP contribution in [-0.2, 0) is 4.74 Å². The van der Waals surface area contributed by atoms with Crippen LogP contribution in [0.2, 0.25) is 0 Å². The molecule has 20 heavy (non-hydrogen) atoms. The summed E-state index contributed by atoms with van der Waals surface area (Å²) in [6.07, 6.45) is 5.13. The van der Waals surface area contributed by atoms with Gasteiger partial charge in [0, 0.05) is 25.7 Å². The van der Waals surface area contributed by atoms with Crippen molar-refractivity contribution >= 4 is 29.9 Å². The molecule has 2 atom stereocenters. The molecule has 1 fully saturated rings. The number of nitrogens with one attached hydrogen (secondary N) is 1.